The Balaban J connectivity index is 1.73. The molecule has 0 atom stereocenters. The average molecular weight is 337 g/mol. The molecule has 0 aliphatic rings. The molecule has 0 saturated carbocycles. The zero-order chi connectivity index (χ0) is 18.1. The van der Waals surface area contributed by atoms with Crippen LogP contribution in [0.25, 0.3) is 6.08 Å². The molecule has 4 nitrogen and oxygen atoms in total. The minimum absolute atomic E-state index is 0.0532. The van der Waals surface area contributed by atoms with Crippen molar-refractivity contribution < 1.29 is 14.3 Å². The maximum absolute atomic E-state index is 11.6. The molecule has 1 amide bonds. The van der Waals surface area contributed by atoms with Crippen LogP contribution in [0.4, 0.5) is 4.79 Å². The molecule has 130 valence electrons. The fourth-order valence-corrected chi connectivity index (χ4v) is 2.28. The molecule has 2 aromatic rings. The number of ketones is 1. The van der Waals surface area contributed by atoms with Crippen LogP contribution in [0.1, 0.15) is 40.4 Å². The second kappa shape index (κ2) is 9.42. The second-order valence-electron chi connectivity index (χ2n) is 5.81. The summed E-state index contributed by atoms with van der Waals surface area (Å²) in [4.78, 5) is 23.1. The molecule has 0 aliphatic carbocycles. The predicted octanol–water partition coefficient (Wildman–Crippen LogP) is 4.53. The number of ether oxygens (including phenoxy) is 1. The molecular formula is C21H23NO3. The van der Waals surface area contributed by atoms with Crippen molar-refractivity contribution in [2.45, 2.75) is 26.9 Å². The fraction of sp³-hybridized carbons (Fsp3) is 0.238. The summed E-state index contributed by atoms with van der Waals surface area (Å²) in [6.07, 6.45) is 4.21. The molecule has 0 bridgehead atoms. The van der Waals surface area contributed by atoms with E-state index in [0.717, 1.165) is 16.7 Å². The normalized spacial score (nSPS) is 10.6. The molecule has 2 rings (SSSR count). The molecule has 4 heteroatoms. The molecule has 0 unspecified atom stereocenters. The van der Waals surface area contributed by atoms with Crippen molar-refractivity contribution in [2.75, 3.05) is 6.54 Å². The Morgan fingerprint density at radius 3 is 2.60 bits per heavy atom. The van der Waals surface area contributed by atoms with Gasteiger partial charge in [0, 0.05) is 12.1 Å². The Morgan fingerprint density at radius 2 is 1.88 bits per heavy atom. The number of hydrogen-bond donors (Lipinski definition) is 1. The van der Waals surface area contributed by atoms with Crippen LogP contribution < -0.4 is 5.32 Å². The van der Waals surface area contributed by atoms with Crippen molar-refractivity contribution in [3.05, 3.63) is 76.9 Å². The van der Waals surface area contributed by atoms with Crippen molar-refractivity contribution >= 4 is 18.0 Å². The third-order valence-electron chi connectivity index (χ3n) is 3.78. The van der Waals surface area contributed by atoms with Crippen LogP contribution in [0.3, 0.4) is 0 Å². The van der Waals surface area contributed by atoms with Gasteiger partial charge in [-0.3, -0.25) is 4.79 Å². The Bertz CT molecular complexity index is 751. The molecule has 25 heavy (non-hydrogen) atoms. The number of alkyl carbamates (subject to hydrolysis) is 1. The maximum Gasteiger partial charge on any atom is 0.407 e. The average Bonchev–Trinajstić information content (AvgIpc) is 2.61. The zero-order valence-electron chi connectivity index (χ0n) is 14.6. The van der Waals surface area contributed by atoms with Gasteiger partial charge in [-0.25, -0.2) is 4.79 Å². The first-order valence-electron chi connectivity index (χ1n) is 8.29. The summed E-state index contributed by atoms with van der Waals surface area (Å²) in [5.74, 6) is 0.0532. The number of nitrogens with one attached hydrogen (secondary N) is 1. The summed E-state index contributed by atoms with van der Waals surface area (Å²) in [6.45, 7) is 4.32. The van der Waals surface area contributed by atoms with E-state index in [4.69, 9.17) is 4.74 Å². The lowest BCUT2D eigenvalue weighted by Crippen LogP contribution is -2.24. The van der Waals surface area contributed by atoms with Crippen molar-refractivity contribution in [1.82, 2.24) is 5.32 Å². The Kier molecular flexibility index (Phi) is 6.96. The van der Waals surface area contributed by atoms with Gasteiger partial charge in [-0.1, -0.05) is 54.6 Å². The predicted molar refractivity (Wildman–Crippen MR) is 99.5 cm³/mol. The topological polar surface area (TPSA) is 55.4 Å². The third-order valence-corrected chi connectivity index (χ3v) is 3.78. The van der Waals surface area contributed by atoms with E-state index in [-0.39, 0.29) is 12.4 Å². The molecule has 0 fully saturated rings. The van der Waals surface area contributed by atoms with Gasteiger partial charge in [0.05, 0.1) is 0 Å². The van der Waals surface area contributed by atoms with Gasteiger partial charge in [0.25, 0.3) is 0 Å². The third kappa shape index (κ3) is 6.26. The summed E-state index contributed by atoms with van der Waals surface area (Å²) in [7, 11) is 0. The molecule has 0 radical (unpaired) electrons. The van der Waals surface area contributed by atoms with Crippen molar-refractivity contribution in [3.8, 4) is 0 Å². The summed E-state index contributed by atoms with van der Waals surface area (Å²) in [5, 5.41) is 2.72. The lowest BCUT2D eigenvalue weighted by molar-refractivity contribution is 0.101. The van der Waals surface area contributed by atoms with Crippen molar-refractivity contribution in [2.24, 2.45) is 0 Å². The molecule has 0 saturated heterocycles. The maximum atomic E-state index is 11.6. The first kappa shape index (κ1) is 18.5. The number of rotatable bonds is 7. The molecular weight excluding hydrogens is 314 g/mol. The van der Waals surface area contributed by atoms with Gasteiger partial charge in [0.15, 0.2) is 5.78 Å². The van der Waals surface area contributed by atoms with E-state index < -0.39 is 6.09 Å². The molecule has 0 aromatic heterocycles. The van der Waals surface area contributed by atoms with E-state index in [0.29, 0.717) is 18.5 Å². The van der Waals surface area contributed by atoms with Crippen LogP contribution in [0.15, 0.2) is 54.6 Å². The highest BCUT2D eigenvalue weighted by Crippen LogP contribution is 2.13. The van der Waals surface area contributed by atoms with E-state index >= 15 is 0 Å². The largest absolute Gasteiger partial charge is 0.445 e. The minimum Gasteiger partial charge on any atom is -0.445 e. The van der Waals surface area contributed by atoms with Gasteiger partial charge in [0.2, 0.25) is 0 Å². The smallest absolute Gasteiger partial charge is 0.407 e. The summed E-state index contributed by atoms with van der Waals surface area (Å²) in [5.41, 5.74) is 3.78. The van der Waals surface area contributed by atoms with E-state index in [2.05, 4.69) is 5.32 Å². The van der Waals surface area contributed by atoms with Gasteiger partial charge in [-0.05, 0) is 43.0 Å². The number of carbonyl (C=O) groups excluding carboxylic acids is 2. The van der Waals surface area contributed by atoms with E-state index in [1.54, 1.807) is 6.92 Å². The Hall–Kier alpha value is -2.88. The monoisotopic (exact) mass is 337 g/mol. The Labute approximate surface area is 148 Å². The van der Waals surface area contributed by atoms with Crippen molar-refractivity contribution in [1.29, 1.82) is 0 Å². The van der Waals surface area contributed by atoms with Crippen LogP contribution in [0.5, 0.6) is 0 Å². The minimum atomic E-state index is -0.424. The molecule has 0 aliphatic heterocycles. The van der Waals surface area contributed by atoms with Gasteiger partial charge >= 0.3 is 6.09 Å². The number of Topliss-reactive ketones (excluding diaryl/α,β-unsaturated/α-hetero) is 1. The van der Waals surface area contributed by atoms with Crippen molar-refractivity contribution in [3.63, 3.8) is 0 Å². The van der Waals surface area contributed by atoms with E-state index in [1.807, 2.05) is 67.6 Å². The number of carbonyl (C=O) groups is 2. The molecule has 0 spiro atoms. The number of aryl methyl sites for hydroxylation is 1. The summed E-state index contributed by atoms with van der Waals surface area (Å²) >= 11 is 0. The number of amides is 1. The SMILES string of the molecule is CC(=O)c1ccc(C)c(C=CCCNC(=O)OCc2ccccc2)c1. The molecule has 1 N–H and O–H groups in total. The summed E-state index contributed by atoms with van der Waals surface area (Å²) in [6, 6.07) is 15.2. The van der Waals surface area contributed by atoms with Gasteiger partial charge in [-0.2, -0.15) is 0 Å². The first-order chi connectivity index (χ1) is 12.1. The number of benzene rings is 2. The van der Waals surface area contributed by atoms with Gasteiger partial charge in [0.1, 0.15) is 6.61 Å². The summed E-state index contributed by atoms with van der Waals surface area (Å²) < 4.78 is 5.14. The number of hydrogen-bond acceptors (Lipinski definition) is 3. The van der Waals surface area contributed by atoms with Gasteiger partial charge in [-0.15, -0.1) is 0 Å². The zero-order valence-corrected chi connectivity index (χ0v) is 14.6. The van der Waals surface area contributed by atoms with E-state index in [1.165, 1.54) is 0 Å². The van der Waals surface area contributed by atoms with Crippen LogP contribution in [0.2, 0.25) is 0 Å². The van der Waals surface area contributed by atoms with Crippen LogP contribution in [-0.4, -0.2) is 18.4 Å². The lowest BCUT2D eigenvalue weighted by atomic mass is 10.0. The van der Waals surface area contributed by atoms with E-state index in [9.17, 15) is 9.59 Å². The highest BCUT2D eigenvalue weighted by Gasteiger charge is 2.02. The fourth-order valence-electron chi connectivity index (χ4n) is 2.28. The molecule has 2 aromatic carbocycles. The Morgan fingerprint density at radius 1 is 1.12 bits per heavy atom. The first-order valence-corrected chi connectivity index (χ1v) is 8.29. The molecule has 0 heterocycles. The van der Waals surface area contributed by atoms with Gasteiger partial charge < -0.3 is 10.1 Å². The van der Waals surface area contributed by atoms with Crippen LogP contribution in [-0.2, 0) is 11.3 Å². The second-order valence-corrected chi connectivity index (χ2v) is 5.81. The quantitative estimate of drug-likeness (QED) is 0.596. The van der Waals surface area contributed by atoms with Crippen LogP contribution >= 0.6 is 0 Å². The lowest BCUT2D eigenvalue weighted by Gasteiger charge is -2.06. The highest BCUT2D eigenvalue weighted by molar-refractivity contribution is 5.94. The van der Waals surface area contributed by atoms with Crippen LogP contribution in [0, 0.1) is 6.92 Å². The standard InChI is InChI=1S/C21H23NO3/c1-16-11-12-20(17(2)23)14-19(16)10-6-7-13-22-21(24)25-15-18-8-4-3-5-9-18/h3-6,8-12,14H,7,13,15H2,1-2H3,(H,22,24). The highest BCUT2D eigenvalue weighted by atomic mass is 16.5.